The zero-order chi connectivity index (χ0) is 13.8. The zero-order valence-electron chi connectivity index (χ0n) is 10.9. The molecular weight excluding hydrogens is 252 g/mol. The summed E-state index contributed by atoms with van der Waals surface area (Å²) >= 11 is 0. The Labute approximate surface area is 116 Å². The van der Waals surface area contributed by atoms with Gasteiger partial charge in [0.2, 0.25) is 5.88 Å². The van der Waals surface area contributed by atoms with Crippen LogP contribution in [0, 0.1) is 0 Å². The van der Waals surface area contributed by atoms with Crippen molar-refractivity contribution in [2.75, 3.05) is 6.61 Å². The molecule has 1 heterocycles. The van der Waals surface area contributed by atoms with E-state index in [1.54, 1.807) is 6.20 Å². The predicted molar refractivity (Wildman–Crippen MR) is 76.8 cm³/mol. The molecule has 0 bridgehead atoms. The molecule has 2 aromatic carbocycles. The first-order valence-corrected chi connectivity index (χ1v) is 6.45. The highest BCUT2D eigenvalue weighted by Gasteiger charge is 2.08. The predicted octanol–water partition coefficient (Wildman–Crippen LogP) is 2.96. The molecule has 1 N–H and O–H groups in total. The van der Waals surface area contributed by atoms with Crippen molar-refractivity contribution < 1.29 is 9.84 Å². The van der Waals surface area contributed by atoms with Gasteiger partial charge in [0.25, 0.3) is 0 Å². The van der Waals surface area contributed by atoms with Crippen molar-refractivity contribution in [3.05, 3.63) is 60.3 Å². The van der Waals surface area contributed by atoms with Crippen molar-refractivity contribution in [1.29, 1.82) is 0 Å². The minimum Gasteiger partial charge on any atom is -0.437 e. The van der Waals surface area contributed by atoms with Crippen LogP contribution in [0.5, 0.6) is 11.6 Å². The fourth-order valence-corrected chi connectivity index (χ4v) is 2.11. The Hall–Kier alpha value is -2.46. The molecule has 3 rings (SSSR count). The third-order valence-electron chi connectivity index (χ3n) is 3.10. The van der Waals surface area contributed by atoms with Gasteiger partial charge in [0, 0.05) is 17.4 Å². The number of aliphatic hydroxyl groups is 1. The average molecular weight is 266 g/mol. The molecular formula is C16H14N2O2. The van der Waals surface area contributed by atoms with E-state index in [0.29, 0.717) is 18.1 Å². The molecule has 0 radical (unpaired) electrons. The summed E-state index contributed by atoms with van der Waals surface area (Å²) in [6, 6.07) is 15.4. The lowest BCUT2D eigenvalue weighted by atomic mass is 10.1. The molecule has 3 aromatic rings. The first-order valence-electron chi connectivity index (χ1n) is 6.45. The molecule has 0 spiro atoms. The maximum Gasteiger partial charge on any atom is 0.246 e. The molecule has 0 saturated heterocycles. The number of hydrogen-bond donors (Lipinski definition) is 1. The Balaban J connectivity index is 2.01. The van der Waals surface area contributed by atoms with E-state index >= 15 is 0 Å². The number of hydrogen-bond acceptors (Lipinski definition) is 4. The van der Waals surface area contributed by atoms with Gasteiger partial charge in [0.15, 0.2) is 0 Å². The Morgan fingerprint density at radius 3 is 2.70 bits per heavy atom. The maximum atomic E-state index is 9.10. The van der Waals surface area contributed by atoms with E-state index in [9.17, 15) is 0 Å². The number of benzene rings is 2. The first kappa shape index (κ1) is 12.6. The lowest BCUT2D eigenvalue weighted by Crippen LogP contribution is -1.97. The number of nitrogens with zero attached hydrogens (tertiary/aromatic N) is 2. The number of aliphatic hydroxyl groups excluding tert-OH is 1. The van der Waals surface area contributed by atoms with E-state index in [-0.39, 0.29) is 6.61 Å². The molecule has 0 saturated carbocycles. The van der Waals surface area contributed by atoms with Crippen molar-refractivity contribution in [2.45, 2.75) is 6.42 Å². The summed E-state index contributed by atoms with van der Waals surface area (Å²) < 4.78 is 5.89. The van der Waals surface area contributed by atoms with Crippen molar-refractivity contribution >= 4 is 10.8 Å². The summed E-state index contributed by atoms with van der Waals surface area (Å²) in [4.78, 5) is 0. The van der Waals surface area contributed by atoms with Crippen molar-refractivity contribution in [2.24, 2.45) is 0 Å². The summed E-state index contributed by atoms with van der Waals surface area (Å²) in [6.07, 6.45) is 2.26. The van der Waals surface area contributed by atoms with Crippen LogP contribution in [-0.2, 0) is 6.42 Å². The summed E-state index contributed by atoms with van der Waals surface area (Å²) in [5.41, 5.74) is 0.949. The molecule has 20 heavy (non-hydrogen) atoms. The molecule has 0 fully saturated rings. The fraction of sp³-hybridized carbons (Fsp3) is 0.125. The highest BCUT2D eigenvalue weighted by Crippen LogP contribution is 2.29. The summed E-state index contributed by atoms with van der Waals surface area (Å²) in [5.74, 6) is 1.18. The lowest BCUT2D eigenvalue weighted by Gasteiger charge is -2.10. The summed E-state index contributed by atoms with van der Waals surface area (Å²) in [5, 5.41) is 19.0. The number of ether oxygens (including phenoxy) is 1. The highest BCUT2D eigenvalue weighted by atomic mass is 16.5. The van der Waals surface area contributed by atoms with Gasteiger partial charge in [-0.15, -0.1) is 5.10 Å². The van der Waals surface area contributed by atoms with E-state index in [4.69, 9.17) is 9.84 Å². The minimum atomic E-state index is 0.0849. The van der Waals surface area contributed by atoms with Gasteiger partial charge in [-0.3, -0.25) is 0 Å². The van der Waals surface area contributed by atoms with Gasteiger partial charge in [-0.2, -0.15) is 5.10 Å². The van der Waals surface area contributed by atoms with Crippen LogP contribution in [0.4, 0.5) is 0 Å². The number of para-hydroxylation sites is 1. The van der Waals surface area contributed by atoms with E-state index in [0.717, 1.165) is 16.3 Å². The fourth-order valence-electron chi connectivity index (χ4n) is 2.11. The van der Waals surface area contributed by atoms with Crippen LogP contribution in [0.2, 0.25) is 0 Å². The van der Waals surface area contributed by atoms with Crippen LogP contribution in [-0.4, -0.2) is 21.9 Å². The van der Waals surface area contributed by atoms with Gasteiger partial charge >= 0.3 is 0 Å². The molecule has 0 amide bonds. The van der Waals surface area contributed by atoms with Gasteiger partial charge < -0.3 is 9.84 Å². The lowest BCUT2D eigenvalue weighted by molar-refractivity contribution is 0.297. The van der Waals surface area contributed by atoms with Crippen LogP contribution in [0.1, 0.15) is 5.56 Å². The second-order valence-electron chi connectivity index (χ2n) is 4.42. The third-order valence-corrected chi connectivity index (χ3v) is 3.10. The van der Waals surface area contributed by atoms with E-state index in [2.05, 4.69) is 10.2 Å². The quantitative estimate of drug-likeness (QED) is 0.788. The maximum absolute atomic E-state index is 9.10. The molecule has 0 aliphatic heterocycles. The molecule has 4 heteroatoms. The van der Waals surface area contributed by atoms with E-state index in [1.807, 2.05) is 48.5 Å². The third kappa shape index (κ3) is 2.46. The van der Waals surface area contributed by atoms with Crippen LogP contribution < -0.4 is 4.74 Å². The van der Waals surface area contributed by atoms with Crippen molar-refractivity contribution in [3.8, 4) is 11.6 Å². The highest BCUT2D eigenvalue weighted by molar-refractivity contribution is 5.86. The monoisotopic (exact) mass is 266 g/mol. The molecule has 0 aliphatic rings. The summed E-state index contributed by atoms with van der Waals surface area (Å²) in [7, 11) is 0. The second kappa shape index (κ2) is 5.67. The molecule has 4 nitrogen and oxygen atoms in total. The number of fused-ring (bicyclic) bond motifs is 1. The normalized spacial score (nSPS) is 10.7. The second-order valence-corrected chi connectivity index (χ2v) is 4.42. The van der Waals surface area contributed by atoms with Gasteiger partial charge in [0.1, 0.15) is 5.75 Å². The molecule has 1 aromatic heterocycles. The van der Waals surface area contributed by atoms with Gasteiger partial charge in [-0.25, -0.2) is 0 Å². The van der Waals surface area contributed by atoms with Crippen LogP contribution in [0.15, 0.2) is 54.7 Å². The molecule has 0 aliphatic carbocycles. The Morgan fingerprint density at radius 2 is 1.80 bits per heavy atom. The summed E-state index contributed by atoms with van der Waals surface area (Å²) in [6.45, 7) is 0.0849. The number of aromatic nitrogens is 2. The number of rotatable bonds is 4. The van der Waals surface area contributed by atoms with E-state index in [1.165, 1.54) is 0 Å². The molecule has 0 atom stereocenters. The van der Waals surface area contributed by atoms with Crippen LogP contribution in [0.3, 0.4) is 0 Å². The standard InChI is InChI=1S/C16H14N2O2/c19-10-9-12-5-2-4-8-15(12)20-16-14-7-3-1-6-13(14)11-17-18-16/h1-8,11,19H,9-10H2. The van der Waals surface area contributed by atoms with Crippen LogP contribution in [0.25, 0.3) is 10.8 Å². The van der Waals surface area contributed by atoms with Gasteiger partial charge in [-0.1, -0.05) is 36.4 Å². The average Bonchev–Trinajstić information content (AvgIpc) is 2.50. The van der Waals surface area contributed by atoms with Crippen molar-refractivity contribution in [1.82, 2.24) is 10.2 Å². The largest absolute Gasteiger partial charge is 0.437 e. The van der Waals surface area contributed by atoms with Gasteiger partial charge in [-0.05, 0) is 24.1 Å². The van der Waals surface area contributed by atoms with Gasteiger partial charge in [0.05, 0.1) is 6.20 Å². The SMILES string of the molecule is OCCc1ccccc1Oc1nncc2ccccc12. The van der Waals surface area contributed by atoms with E-state index < -0.39 is 0 Å². The smallest absolute Gasteiger partial charge is 0.246 e. The van der Waals surface area contributed by atoms with Crippen LogP contribution >= 0.6 is 0 Å². The Kier molecular flexibility index (Phi) is 3.56. The Morgan fingerprint density at radius 1 is 1.00 bits per heavy atom. The first-order chi connectivity index (χ1) is 9.88. The minimum absolute atomic E-state index is 0.0849. The van der Waals surface area contributed by atoms with Crippen molar-refractivity contribution in [3.63, 3.8) is 0 Å². The Bertz CT molecular complexity index is 723. The molecule has 100 valence electrons. The topological polar surface area (TPSA) is 55.2 Å². The molecule has 0 unspecified atom stereocenters. The zero-order valence-corrected chi connectivity index (χ0v) is 10.9.